The molecule has 0 aliphatic carbocycles. The number of likely N-dealkylation sites (tertiary alicyclic amines) is 1. The van der Waals surface area contributed by atoms with Crippen LogP contribution in [0.2, 0.25) is 0 Å². The zero-order valence-corrected chi connectivity index (χ0v) is 12.0. The van der Waals surface area contributed by atoms with E-state index in [4.69, 9.17) is 0 Å². The molecular formula is C13H21N3OS. The van der Waals surface area contributed by atoms with Crippen LogP contribution in [-0.4, -0.2) is 42.0 Å². The molecular weight excluding hydrogens is 246 g/mol. The second-order valence-electron chi connectivity index (χ2n) is 4.81. The van der Waals surface area contributed by atoms with Crippen molar-refractivity contribution in [3.8, 4) is 0 Å². The summed E-state index contributed by atoms with van der Waals surface area (Å²) in [5.74, 6) is 0.0857. The highest BCUT2D eigenvalue weighted by molar-refractivity contribution is 7.11. The maximum Gasteiger partial charge on any atom is 0.226 e. The molecule has 100 valence electrons. The van der Waals surface area contributed by atoms with Crippen molar-refractivity contribution < 1.29 is 4.79 Å². The van der Waals surface area contributed by atoms with E-state index in [-0.39, 0.29) is 5.91 Å². The van der Waals surface area contributed by atoms with Crippen LogP contribution >= 0.6 is 11.3 Å². The maximum atomic E-state index is 11.8. The predicted molar refractivity (Wildman–Crippen MR) is 74.0 cm³/mol. The third kappa shape index (κ3) is 3.78. The summed E-state index contributed by atoms with van der Waals surface area (Å²) in [5.41, 5.74) is 0.927. The van der Waals surface area contributed by atoms with Gasteiger partial charge in [0.1, 0.15) is 0 Å². The number of carbonyl (C=O) groups is 1. The van der Waals surface area contributed by atoms with Crippen LogP contribution in [0.5, 0.6) is 0 Å². The lowest BCUT2D eigenvalue weighted by Gasteiger charge is -2.14. The molecule has 1 amide bonds. The minimum absolute atomic E-state index is 0.0857. The number of aryl methyl sites for hydroxylation is 2. The second-order valence-corrected chi connectivity index (χ2v) is 6.22. The Balaban J connectivity index is 1.70. The number of hydrogen-bond acceptors (Lipinski definition) is 4. The fourth-order valence-corrected chi connectivity index (χ4v) is 3.14. The van der Waals surface area contributed by atoms with Gasteiger partial charge in [0.2, 0.25) is 5.91 Å². The van der Waals surface area contributed by atoms with Gasteiger partial charge in [-0.1, -0.05) is 0 Å². The fourth-order valence-electron chi connectivity index (χ4n) is 2.31. The Morgan fingerprint density at radius 1 is 1.39 bits per heavy atom. The van der Waals surface area contributed by atoms with E-state index >= 15 is 0 Å². The van der Waals surface area contributed by atoms with Crippen molar-refractivity contribution in [3.63, 3.8) is 0 Å². The van der Waals surface area contributed by atoms with Gasteiger partial charge in [-0.05, 0) is 39.8 Å². The minimum Gasteiger partial charge on any atom is -0.354 e. The third-order valence-electron chi connectivity index (χ3n) is 3.28. The van der Waals surface area contributed by atoms with Crippen LogP contribution < -0.4 is 5.32 Å². The van der Waals surface area contributed by atoms with Gasteiger partial charge >= 0.3 is 0 Å². The van der Waals surface area contributed by atoms with E-state index in [1.165, 1.54) is 25.9 Å². The SMILES string of the molecule is Cc1nc(CC(=O)NCCN2CCCC2)c(C)s1. The van der Waals surface area contributed by atoms with Crippen molar-refractivity contribution in [2.24, 2.45) is 0 Å². The molecule has 1 N–H and O–H groups in total. The molecule has 0 bridgehead atoms. The van der Waals surface area contributed by atoms with E-state index in [1.807, 2.05) is 13.8 Å². The highest BCUT2D eigenvalue weighted by Gasteiger charge is 2.12. The van der Waals surface area contributed by atoms with Crippen LogP contribution in [0.4, 0.5) is 0 Å². The predicted octanol–water partition coefficient (Wildman–Crippen LogP) is 1.51. The van der Waals surface area contributed by atoms with Gasteiger partial charge in [-0.2, -0.15) is 0 Å². The van der Waals surface area contributed by atoms with E-state index < -0.39 is 0 Å². The molecule has 1 aliphatic heterocycles. The van der Waals surface area contributed by atoms with Gasteiger partial charge in [0, 0.05) is 18.0 Å². The lowest BCUT2D eigenvalue weighted by Crippen LogP contribution is -2.34. The molecule has 1 aliphatic rings. The quantitative estimate of drug-likeness (QED) is 0.879. The van der Waals surface area contributed by atoms with E-state index in [1.54, 1.807) is 11.3 Å². The van der Waals surface area contributed by atoms with E-state index in [0.717, 1.165) is 28.7 Å². The number of hydrogen-bond donors (Lipinski definition) is 1. The van der Waals surface area contributed by atoms with Crippen LogP contribution in [0.3, 0.4) is 0 Å². The Kier molecular flexibility index (Phi) is 4.72. The van der Waals surface area contributed by atoms with Crippen LogP contribution in [0.15, 0.2) is 0 Å². The molecule has 1 aromatic heterocycles. The van der Waals surface area contributed by atoms with Crippen LogP contribution in [-0.2, 0) is 11.2 Å². The van der Waals surface area contributed by atoms with Gasteiger partial charge in [0.05, 0.1) is 17.1 Å². The molecule has 1 fully saturated rings. The first-order valence-electron chi connectivity index (χ1n) is 6.57. The summed E-state index contributed by atoms with van der Waals surface area (Å²) >= 11 is 1.66. The molecule has 5 heteroatoms. The molecule has 4 nitrogen and oxygen atoms in total. The molecule has 0 saturated carbocycles. The number of aromatic nitrogens is 1. The number of carbonyl (C=O) groups excluding carboxylic acids is 1. The number of nitrogens with one attached hydrogen (secondary N) is 1. The van der Waals surface area contributed by atoms with Crippen LogP contribution in [0, 0.1) is 13.8 Å². The number of nitrogens with zero attached hydrogens (tertiary/aromatic N) is 2. The largest absolute Gasteiger partial charge is 0.354 e. The van der Waals surface area contributed by atoms with Gasteiger partial charge in [-0.25, -0.2) is 4.98 Å². The normalized spacial score (nSPS) is 16.1. The molecule has 0 aromatic carbocycles. The smallest absolute Gasteiger partial charge is 0.226 e. The van der Waals surface area contributed by atoms with Gasteiger partial charge in [0.25, 0.3) is 0 Å². The monoisotopic (exact) mass is 267 g/mol. The number of rotatable bonds is 5. The first-order chi connectivity index (χ1) is 8.65. The van der Waals surface area contributed by atoms with Crippen molar-refractivity contribution in [3.05, 3.63) is 15.6 Å². The summed E-state index contributed by atoms with van der Waals surface area (Å²) in [6.07, 6.45) is 3.01. The van der Waals surface area contributed by atoms with Gasteiger partial charge in [-0.15, -0.1) is 11.3 Å². The van der Waals surface area contributed by atoms with Crippen LogP contribution in [0.1, 0.15) is 28.4 Å². The van der Waals surface area contributed by atoms with Crippen LogP contribution in [0.25, 0.3) is 0 Å². The first-order valence-corrected chi connectivity index (χ1v) is 7.39. The van der Waals surface area contributed by atoms with E-state index in [2.05, 4.69) is 15.2 Å². The molecule has 2 heterocycles. The highest BCUT2D eigenvalue weighted by atomic mass is 32.1. The Labute approximate surface area is 112 Å². The van der Waals surface area contributed by atoms with E-state index in [0.29, 0.717) is 6.42 Å². The highest BCUT2D eigenvalue weighted by Crippen LogP contribution is 2.16. The zero-order chi connectivity index (χ0) is 13.0. The molecule has 0 atom stereocenters. The first kappa shape index (κ1) is 13.5. The Morgan fingerprint density at radius 3 is 2.72 bits per heavy atom. The lowest BCUT2D eigenvalue weighted by molar-refractivity contribution is -0.120. The molecule has 2 rings (SSSR count). The molecule has 1 aromatic rings. The lowest BCUT2D eigenvalue weighted by atomic mass is 10.2. The summed E-state index contributed by atoms with van der Waals surface area (Å²) in [6.45, 7) is 8.09. The van der Waals surface area contributed by atoms with Gasteiger partial charge in [0.15, 0.2) is 0 Å². The summed E-state index contributed by atoms with van der Waals surface area (Å²) in [7, 11) is 0. The average molecular weight is 267 g/mol. The molecule has 18 heavy (non-hydrogen) atoms. The van der Waals surface area contributed by atoms with Crippen molar-refractivity contribution in [1.82, 2.24) is 15.2 Å². The molecule has 1 saturated heterocycles. The molecule has 0 unspecified atom stereocenters. The average Bonchev–Trinajstić information content (AvgIpc) is 2.90. The van der Waals surface area contributed by atoms with Gasteiger partial charge < -0.3 is 10.2 Å². The summed E-state index contributed by atoms with van der Waals surface area (Å²) in [6, 6.07) is 0. The van der Waals surface area contributed by atoms with Crippen molar-refractivity contribution in [2.75, 3.05) is 26.2 Å². The zero-order valence-electron chi connectivity index (χ0n) is 11.2. The minimum atomic E-state index is 0.0857. The maximum absolute atomic E-state index is 11.8. The van der Waals surface area contributed by atoms with Crippen molar-refractivity contribution >= 4 is 17.2 Å². The summed E-state index contributed by atoms with van der Waals surface area (Å²) < 4.78 is 0. The number of amides is 1. The fraction of sp³-hybridized carbons (Fsp3) is 0.692. The Morgan fingerprint density at radius 2 is 2.11 bits per heavy atom. The molecule has 0 spiro atoms. The second kappa shape index (κ2) is 6.29. The van der Waals surface area contributed by atoms with Crippen molar-refractivity contribution in [2.45, 2.75) is 33.1 Å². The number of thiazole rings is 1. The summed E-state index contributed by atoms with van der Waals surface area (Å²) in [5, 5.41) is 4.01. The third-order valence-corrected chi connectivity index (χ3v) is 4.20. The van der Waals surface area contributed by atoms with Gasteiger partial charge in [-0.3, -0.25) is 4.79 Å². The Hall–Kier alpha value is -0.940. The Bertz CT molecular complexity index is 410. The summed E-state index contributed by atoms with van der Waals surface area (Å²) in [4.78, 5) is 19.7. The standard InChI is InChI=1S/C13H21N3OS/c1-10-12(15-11(2)18-10)9-13(17)14-5-8-16-6-3-4-7-16/h3-9H2,1-2H3,(H,14,17). The van der Waals surface area contributed by atoms with Crippen molar-refractivity contribution in [1.29, 1.82) is 0 Å². The van der Waals surface area contributed by atoms with E-state index in [9.17, 15) is 4.79 Å². The molecule has 0 radical (unpaired) electrons. The topological polar surface area (TPSA) is 45.2 Å².